The molecule has 134 valence electrons. The number of amides is 2. The van der Waals surface area contributed by atoms with Crippen molar-refractivity contribution in [2.75, 3.05) is 18.4 Å². The van der Waals surface area contributed by atoms with E-state index in [4.69, 9.17) is 5.26 Å². The molecule has 3 N–H and O–H groups in total. The summed E-state index contributed by atoms with van der Waals surface area (Å²) in [5, 5.41) is 17.8. The summed E-state index contributed by atoms with van der Waals surface area (Å²) in [4.78, 5) is 12.1. The van der Waals surface area contributed by atoms with Gasteiger partial charge in [-0.3, -0.25) is 0 Å². The van der Waals surface area contributed by atoms with Crippen LogP contribution in [-0.4, -0.2) is 19.1 Å². The first-order valence-electron chi connectivity index (χ1n) is 8.73. The van der Waals surface area contributed by atoms with Gasteiger partial charge in [0.05, 0.1) is 11.7 Å². The van der Waals surface area contributed by atoms with Crippen LogP contribution < -0.4 is 16.0 Å². The average molecular weight is 352 g/mol. The van der Waals surface area contributed by atoms with E-state index >= 15 is 0 Å². The Hall–Kier alpha value is -3.07. The van der Waals surface area contributed by atoms with Crippen molar-refractivity contribution in [2.45, 2.75) is 25.3 Å². The topological polar surface area (TPSA) is 77.0 Å². The summed E-state index contributed by atoms with van der Waals surface area (Å²) in [6.07, 6.45) is 3.03. The third-order valence-corrected chi connectivity index (χ3v) is 4.53. The van der Waals surface area contributed by atoms with Gasteiger partial charge in [0.2, 0.25) is 0 Å². The van der Waals surface area contributed by atoms with Crippen LogP contribution in [0.4, 0.5) is 14.9 Å². The minimum absolute atomic E-state index is 0.0178. The zero-order chi connectivity index (χ0) is 18.4. The molecule has 1 aliphatic rings. The van der Waals surface area contributed by atoms with E-state index in [1.165, 1.54) is 17.2 Å². The summed E-state index contributed by atoms with van der Waals surface area (Å²) in [5.74, 6) is -0.556. The standard InChI is InChI=1S/C20H21FN4O/c21-17-8-4-9-18(16(17)13-22)23-11-12-24-20(26)25-19-10-3-6-14-5-1-2-7-15(14)19/h1-2,4-5,7-9,19,23H,3,6,10-12H2,(H2,24,25,26). The lowest BCUT2D eigenvalue weighted by atomic mass is 9.88. The van der Waals surface area contributed by atoms with Gasteiger partial charge in [-0.1, -0.05) is 30.3 Å². The van der Waals surface area contributed by atoms with Gasteiger partial charge in [-0.25, -0.2) is 9.18 Å². The maximum Gasteiger partial charge on any atom is 0.315 e. The zero-order valence-electron chi connectivity index (χ0n) is 14.4. The lowest BCUT2D eigenvalue weighted by Crippen LogP contribution is -2.40. The molecule has 0 heterocycles. The lowest BCUT2D eigenvalue weighted by molar-refractivity contribution is 0.236. The minimum Gasteiger partial charge on any atom is -0.382 e. The number of anilines is 1. The molecule has 3 rings (SSSR count). The highest BCUT2D eigenvalue weighted by Gasteiger charge is 2.21. The van der Waals surface area contributed by atoms with Crippen LogP contribution in [0, 0.1) is 17.1 Å². The SMILES string of the molecule is N#Cc1c(F)cccc1NCCNC(=O)NC1CCCc2ccccc21. The van der Waals surface area contributed by atoms with Gasteiger partial charge in [-0.2, -0.15) is 5.26 Å². The number of urea groups is 1. The second kappa shape index (κ2) is 8.34. The van der Waals surface area contributed by atoms with Gasteiger partial charge in [0.25, 0.3) is 0 Å². The van der Waals surface area contributed by atoms with Crippen molar-refractivity contribution in [3.8, 4) is 6.07 Å². The van der Waals surface area contributed by atoms with Crippen LogP contribution in [0.25, 0.3) is 0 Å². The van der Waals surface area contributed by atoms with E-state index in [-0.39, 0.29) is 17.6 Å². The lowest BCUT2D eigenvalue weighted by Gasteiger charge is -2.26. The van der Waals surface area contributed by atoms with Crippen molar-refractivity contribution in [1.29, 1.82) is 5.26 Å². The molecule has 0 bridgehead atoms. The molecule has 2 aromatic rings. The Morgan fingerprint density at radius 1 is 1.19 bits per heavy atom. The molecule has 2 aromatic carbocycles. The number of hydrogen-bond acceptors (Lipinski definition) is 3. The second-order valence-electron chi connectivity index (χ2n) is 6.24. The van der Waals surface area contributed by atoms with Crippen LogP contribution in [0.1, 0.15) is 35.6 Å². The van der Waals surface area contributed by atoms with Gasteiger partial charge in [-0.15, -0.1) is 0 Å². The molecule has 1 aliphatic carbocycles. The number of nitriles is 1. The maximum absolute atomic E-state index is 13.5. The number of carbonyl (C=O) groups excluding carboxylic acids is 1. The molecule has 0 aromatic heterocycles. The minimum atomic E-state index is -0.556. The third-order valence-electron chi connectivity index (χ3n) is 4.53. The summed E-state index contributed by atoms with van der Waals surface area (Å²) < 4.78 is 13.5. The van der Waals surface area contributed by atoms with Crippen molar-refractivity contribution in [3.63, 3.8) is 0 Å². The number of benzene rings is 2. The summed E-state index contributed by atoms with van der Waals surface area (Å²) in [6.45, 7) is 0.758. The number of aryl methyl sites for hydroxylation is 1. The van der Waals surface area contributed by atoms with Crippen molar-refractivity contribution in [1.82, 2.24) is 10.6 Å². The Bertz CT molecular complexity index is 831. The van der Waals surface area contributed by atoms with Gasteiger partial charge in [0, 0.05) is 13.1 Å². The van der Waals surface area contributed by atoms with Gasteiger partial charge in [0.15, 0.2) is 0 Å². The molecule has 0 spiro atoms. The molecule has 1 unspecified atom stereocenters. The molecule has 0 saturated heterocycles. The average Bonchev–Trinajstić information content (AvgIpc) is 2.66. The Morgan fingerprint density at radius 3 is 2.88 bits per heavy atom. The summed E-state index contributed by atoms with van der Waals surface area (Å²) in [7, 11) is 0. The van der Waals surface area contributed by atoms with Gasteiger partial charge >= 0.3 is 6.03 Å². The highest BCUT2D eigenvalue weighted by molar-refractivity contribution is 5.74. The number of halogens is 1. The fraction of sp³-hybridized carbons (Fsp3) is 0.300. The molecular formula is C20H21FN4O. The Balaban J connectivity index is 1.47. The van der Waals surface area contributed by atoms with Crippen LogP contribution >= 0.6 is 0 Å². The zero-order valence-corrected chi connectivity index (χ0v) is 14.4. The maximum atomic E-state index is 13.5. The van der Waals surface area contributed by atoms with Crippen LogP contribution in [0.2, 0.25) is 0 Å². The monoisotopic (exact) mass is 352 g/mol. The predicted molar refractivity (Wildman–Crippen MR) is 98.3 cm³/mol. The highest BCUT2D eigenvalue weighted by atomic mass is 19.1. The fourth-order valence-electron chi connectivity index (χ4n) is 3.27. The molecule has 1 atom stereocenters. The fourth-order valence-corrected chi connectivity index (χ4v) is 3.27. The van der Waals surface area contributed by atoms with Crippen molar-refractivity contribution in [2.24, 2.45) is 0 Å². The van der Waals surface area contributed by atoms with E-state index in [0.717, 1.165) is 19.3 Å². The van der Waals surface area contributed by atoms with Gasteiger partial charge < -0.3 is 16.0 Å². The number of hydrogen-bond donors (Lipinski definition) is 3. The molecule has 5 nitrogen and oxygen atoms in total. The number of carbonyl (C=O) groups is 1. The molecule has 0 radical (unpaired) electrons. The van der Waals surface area contributed by atoms with Crippen LogP contribution in [0.3, 0.4) is 0 Å². The number of rotatable bonds is 5. The molecule has 2 amide bonds. The molecule has 0 aliphatic heterocycles. The third kappa shape index (κ3) is 4.12. The number of fused-ring (bicyclic) bond motifs is 1. The first-order valence-corrected chi connectivity index (χ1v) is 8.73. The number of nitrogens with one attached hydrogen (secondary N) is 3. The van der Waals surface area contributed by atoms with Gasteiger partial charge in [0.1, 0.15) is 17.4 Å². The smallest absolute Gasteiger partial charge is 0.315 e. The predicted octanol–water partition coefficient (Wildman–Crippen LogP) is 3.49. The molecular weight excluding hydrogens is 331 g/mol. The normalized spacial score (nSPS) is 15.5. The van der Waals surface area contributed by atoms with E-state index in [0.29, 0.717) is 18.8 Å². The quantitative estimate of drug-likeness (QED) is 0.721. The van der Waals surface area contributed by atoms with E-state index in [1.807, 2.05) is 18.2 Å². The van der Waals surface area contributed by atoms with Crippen LogP contribution in [0.15, 0.2) is 42.5 Å². The van der Waals surface area contributed by atoms with Crippen LogP contribution in [-0.2, 0) is 6.42 Å². The Morgan fingerprint density at radius 2 is 2.04 bits per heavy atom. The van der Waals surface area contributed by atoms with E-state index in [9.17, 15) is 9.18 Å². The molecule has 26 heavy (non-hydrogen) atoms. The molecule has 6 heteroatoms. The first kappa shape index (κ1) is 17.7. The molecule has 0 saturated carbocycles. The van der Waals surface area contributed by atoms with Crippen LogP contribution in [0.5, 0.6) is 0 Å². The summed E-state index contributed by atoms with van der Waals surface area (Å²) in [6, 6.07) is 14.3. The Labute approximate surface area is 152 Å². The summed E-state index contributed by atoms with van der Waals surface area (Å²) >= 11 is 0. The van der Waals surface area contributed by atoms with E-state index in [1.54, 1.807) is 12.1 Å². The highest BCUT2D eigenvalue weighted by Crippen LogP contribution is 2.29. The largest absolute Gasteiger partial charge is 0.382 e. The number of nitrogens with zero attached hydrogens (tertiary/aromatic N) is 1. The van der Waals surface area contributed by atoms with Gasteiger partial charge in [-0.05, 0) is 42.5 Å². The first-order chi connectivity index (χ1) is 12.7. The summed E-state index contributed by atoms with van der Waals surface area (Å²) in [5.41, 5.74) is 2.89. The van der Waals surface area contributed by atoms with E-state index in [2.05, 4.69) is 28.1 Å². The molecule has 0 fully saturated rings. The van der Waals surface area contributed by atoms with Crippen molar-refractivity contribution < 1.29 is 9.18 Å². The second-order valence-corrected chi connectivity index (χ2v) is 6.24. The Kier molecular flexibility index (Phi) is 5.69. The van der Waals surface area contributed by atoms with Crippen molar-refractivity contribution >= 4 is 11.7 Å². The van der Waals surface area contributed by atoms with Crippen molar-refractivity contribution in [3.05, 3.63) is 65.0 Å². The van der Waals surface area contributed by atoms with E-state index < -0.39 is 5.82 Å².